The first-order valence-corrected chi connectivity index (χ1v) is 10.7. The molecular weight excluding hydrogens is 430 g/mol. The van der Waals surface area contributed by atoms with Crippen LogP contribution in [-0.4, -0.2) is 89.8 Å². The summed E-state index contributed by atoms with van der Waals surface area (Å²) in [7, 11) is 0. The second-order valence-electron chi connectivity index (χ2n) is 7.58. The van der Waals surface area contributed by atoms with E-state index in [-0.39, 0.29) is 12.6 Å². The van der Waals surface area contributed by atoms with Gasteiger partial charge in [0.15, 0.2) is 5.82 Å². The summed E-state index contributed by atoms with van der Waals surface area (Å²) in [6.07, 6.45) is 2.11. The summed E-state index contributed by atoms with van der Waals surface area (Å²) in [6.45, 7) is 6.20. The fraction of sp³-hybridized carbons (Fsp3) is 0.500. The number of aromatic nitrogens is 6. The van der Waals surface area contributed by atoms with Gasteiger partial charge in [0, 0.05) is 38.5 Å². The largest absolute Gasteiger partial charge is 0.465 e. The van der Waals surface area contributed by atoms with Gasteiger partial charge >= 0.3 is 6.09 Å². The lowest BCUT2D eigenvalue weighted by molar-refractivity contribution is 0.122. The maximum atomic E-state index is 11.4. The Morgan fingerprint density at radius 3 is 2.85 bits per heavy atom. The van der Waals surface area contributed by atoms with Gasteiger partial charge in [0.2, 0.25) is 5.95 Å². The predicted octanol–water partition coefficient (Wildman–Crippen LogP) is 1.08. The van der Waals surface area contributed by atoms with Gasteiger partial charge in [0.25, 0.3) is 0 Å². The average Bonchev–Trinajstić information content (AvgIpc) is 3.17. The number of aliphatic hydroxyl groups is 1. The molecule has 1 fully saturated rings. The Hall–Kier alpha value is -3.58. The summed E-state index contributed by atoms with van der Waals surface area (Å²) < 4.78 is 7.20. The van der Waals surface area contributed by atoms with Gasteiger partial charge in [-0.25, -0.2) is 19.7 Å². The molecule has 3 aromatic rings. The third-order valence-corrected chi connectivity index (χ3v) is 5.43. The van der Waals surface area contributed by atoms with Crippen LogP contribution in [0.15, 0.2) is 18.6 Å². The average molecular weight is 457 g/mol. The highest BCUT2D eigenvalue weighted by atomic mass is 16.5. The molecule has 0 bridgehead atoms. The van der Waals surface area contributed by atoms with Crippen molar-refractivity contribution in [1.82, 2.24) is 34.6 Å². The van der Waals surface area contributed by atoms with E-state index in [1.165, 1.54) is 11.2 Å². The first kappa shape index (κ1) is 22.6. The van der Waals surface area contributed by atoms with E-state index in [1.54, 1.807) is 16.9 Å². The number of carboxylic acid groups (broad SMARTS) is 1. The Labute approximate surface area is 190 Å². The van der Waals surface area contributed by atoms with Crippen molar-refractivity contribution in [3.05, 3.63) is 24.3 Å². The minimum absolute atomic E-state index is 0.222. The van der Waals surface area contributed by atoms with E-state index < -0.39 is 6.09 Å². The SMILES string of the molecule is CCOCCn1nc(CO)c2nc(N3CCN(C(=O)O)[C@H](C)C3)nc(Nc3ccncn3)c21. The Kier molecular flexibility index (Phi) is 6.79. The molecule has 33 heavy (non-hydrogen) atoms. The molecule has 1 aliphatic rings. The molecule has 4 heterocycles. The van der Waals surface area contributed by atoms with Crippen molar-refractivity contribution < 1.29 is 19.7 Å². The monoisotopic (exact) mass is 457 g/mol. The molecule has 4 rings (SSSR count). The molecule has 1 atom stereocenters. The number of ether oxygens (including phenoxy) is 1. The van der Waals surface area contributed by atoms with Crippen LogP contribution in [0.25, 0.3) is 11.0 Å². The maximum absolute atomic E-state index is 11.4. The molecular formula is C20H27N9O4. The standard InChI is InChI=1S/C20H27N9O4/c1-3-33-9-8-29-17-16(14(11-30)26-29)24-19(25-18(17)23-15-4-5-21-12-22-15)27-6-7-28(20(31)32)13(2)10-27/h4-5,12-13,30H,3,6-11H2,1-2H3,(H,31,32)(H,21,22,23,24,25)/t13-/m1/s1. The summed E-state index contributed by atoms with van der Waals surface area (Å²) in [6, 6.07) is 1.50. The number of piperazine rings is 1. The second-order valence-corrected chi connectivity index (χ2v) is 7.58. The second kappa shape index (κ2) is 9.92. The molecule has 176 valence electrons. The van der Waals surface area contributed by atoms with Gasteiger partial charge in [-0.3, -0.25) is 4.68 Å². The maximum Gasteiger partial charge on any atom is 0.407 e. The molecule has 0 saturated carbocycles. The predicted molar refractivity (Wildman–Crippen MR) is 119 cm³/mol. The minimum Gasteiger partial charge on any atom is -0.465 e. The van der Waals surface area contributed by atoms with E-state index in [0.29, 0.717) is 73.7 Å². The van der Waals surface area contributed by atoms with E-state index in [1.807, 2.05) is 18.7 Å². The zero-order valence-corrected chi connectivity index (χ0v) is 18.5. The molecule has 0 radical (unpaired) electrons. The summed E-state index contributed by atoms with van der Waals surface area (Å²) in [5, 5.41) is 27.1. The zero-order chi connectivity index (χ0) is 23.4. The molecule has 13 nitrogen and oxygen atoms in total. The van der Waals surface area contributed by atoms with Gasteiger partial charge in [0.05, 0.1) is 19.8 Å². The van der Waals surface area contributed by atoms with Crippen LogP contribution >= 0.6 is 0 Å². The zero-order valence-electron chi connectivity index (χ0n) is 18.5. The quantitative estimate of drug-likeness (QED) is 0.416. The number of hydrogen-bond acceptors (Lipinski definition) is 10. The van der Waals surface area contributed by atoms with Crippen LogP contribution in [0, 0.1) is 0 Å². The van der Waals surface area contributed by atoms with Crippen molar-refractivity contribution in [3.8, 4) is 0 Å². The van der Waals surface area contributed by atoms with E-state index in [4.69, 9.17) is 14.7 Å². The normalized spacial score (nSPS) is 16.4. The van der Waals surface area contributed by atoms with E-state index in [2.05, 4.69) is 20.4 Å². The lowest BCUT2D eigenvalue weighted by atomic mass is 10.2. The molecule has 0 aromatic carbocycles. The molecule has 0 unspecified atom stereocenters. The Morgan fingerprint density at radius 1 is 1.33 bits per heavy atom. The molecule has 0 aliphatic carbocycles. The number of nitrogens with one attached hydrogen (secondary N) is 1. The van der Waals surface area contributed by atoms with Crippen LogP contribution in [0.2, 0.25) is 0 Å². The van der Waals surface area contributed by atoms with Crippen LogP contribution in [0.3, 0.4) is 0 Å². The van der Waals surface area contributed by atoms with Gasteiger partial charge in [-0.15, -0.1) is 0 Å². The summed E-state index contributed by atoms with van der Waals surface area (Å²) in [5.74, 6) is 1.45. The Morgan fingerprint density at radius 2 is 2.18 bits per heavy atom. The highest BCUT2D eigenvalue weighted by Crippen LogP contribution is 2.29. The smallest absolute Gasteiger partial charge is 0.407 e. The van der Waals surface area contributed by atoms with Gasteiger partial charge in [-0.05, 0) is 19.9 Å². The number of fused-ring (bicyclic) bond motifs is 1. The highest BCUT2D eigenvalue weighted by molar-refractivity contribution is 5.90. The third-order valence-electron chi connectivity index (χ3n) is 5.43. The van der Waals surface area contributed by atoms with Crippen LogP contribution in [-0.2, 0) is 17.9 Å². The highest BCUT2D eigenvalue weighted by Gasteiger charge is 2.29. The summed E-state index contributed by atoms with van der Waals surface area (Å²) in [4.78, 5) is 32.4. The number of aliphatic hydroxyl groups excluding tert-OH is 1. The van der Waals surface area contributed by atoms with Gasteiger partial charge in [-0.2, -0.15) is 10.1 Å². The van der Waals surface area contributed by atoms with Gasteiger partial charge in [-0.1, -0.05) is 0 Å². The number of nitrogens with zero attached hydrogens (tertiary/aromatic N) is 8. The van der Waals surface area contributed by atoms with Crippen molar-refractivity contribution in [2.24, 2.45) is 0 Å². The Bertz CT molecular complexity index is 1110. The molecule has 0 spiro atoms. The summed E-state index contributed by atoms with van der Waals surface area (Å²) in [5.41, 5.74) is 1.57. The van der Waals surface area contributed by atoms with Crippen molar-refractivity contribution in [1.29, 1.82) is 0 Å². The van der Waals surface area contributed by atoms with Crippen molar-refractivity contribution >= 4 is 34.7 Å². The first-order chi connectivity index (χ1) is 16.0. The molecule has 1 aliphatic heterocycles. The number of hydrogen-bond donors (Lipinski definition) is 3. The molecule has 1 amide bonds. The number of amides is 1. The van der Waals surface area contributed by atoms with Crippen molar-refractivity contribution in [2.75, 3.05) is 43.1 Å². The fourth-order valence-corrected chi connectivity index (χ4v) is 3.83. The Balaban J connectivity index is 1.76. The minimum atomic E-state index is -0.942. The first-order valence-electron chi connectivity index (χ1n) is 10.7. The summed E-state index contributed by atoms with van der Waals surface area (Å²) >= 11 is 0. The molecule has 3 N–H and O–H groups in total. The van der Waals surface area contributed by atoms with Crippen molar-refractivity contribution in [2.45, 2.75) is 33.0 Å². The van der Waals surface area contributed by atoms with Crippen LogP contribution in [0.5, 0.6) is 0 Å². The van der Waals surface area contributed by atoms with Crippen LogP contribution in [0.4, 0.5) is 22.4 Å². The van der Waals surface area contributed by atoms with Crippen LogP contribution < -0.4 is 10.2 Å². The van der Waals surface area contributed by atoms with Crippen LogP contribution in [0.1, 0.15) is 19.5 Å². The molecule has 13 heteroatoms. The number of carbonyl (C=O) groups is 1. The number of rotatable bonds is 8. The molecule has 3 aromatic heterocycles. The van der Waals surface area contributed by atoms with E-state index in [9.17, 15) is 15.0 Å². The van der Waals surface area contributed by atoms with E-state index >= 15 is 0 Å². The van der Waals surface area contributed by atoms with E-state index in [0.717, 1.165) is 0 Å². The topological polar surface area (TPSA) is 155 Å². The molecule has 1 saturated heterocycles. The fourth-order valence-electron chi connectivity index (χ4n) is 3.83. The van der Waals surface area contributed by atoms with Gasteiger partial charge < -0.3 is 30.1 Å². The van der Waals surface area contributed by atoms with Crippen molar-refractivity contribution in [3.63, 3.8) is 0 Å². The lowest BCUT2D eigenvalue weighted by Gasteiger charge is -2.38. The lowest BCUT2D eigenvalue weighted by Crippen LogP contribution is -2.54. The number of anilines is 3. The van der Waals surface area contributed by atoms with Gasteiger partial charge in [0.1, 0.15) is 28.9 Å². The third kappa shape index (κ3) is 4.78.